The summed E-state index contributed by atoms with van der Waals surface area (Å²) < 4.78 is 0. The number of nitrogens with zero attached hydrogens (tertiary/aromatic N) is 2. The molecule has 1 aromatic heterocycles. The van der Waals surface area contributed by atoms with Crippen LogP contribution in [0.4, 0.5) is 0 Å². The third-order valence-electron chi connectivity index (χ3n) is 3.69. The lowest BCUT2D eigenvalue weighted by atomic mass is 9.77. The van der Waals surface area contributed by atoms with Crippen LogP contribution in [-0.4, -0.2) is 37.7 Å². The van der Waals surface area contributed by atoms with E-state index in [4.69, 9.17) is 0 Å². The van der Waals surface area contributed by atoms with E-state index in [9.17, 15) is 14.7 Å². The lowest BCUT2D eigenvalue weighted by molar-refractivity contribution is -0.146. The van der Waals surface area contributed by atoms with E-state index in [1.165, 1.54) is 0 Å². The first-order valence-corrected chi connectivity index (χ1v) is 6.38. The quantitative estimate of drug-likeness (QED) is 0.752. The highest BCUT2D eigenvalue weighted by molar-refractivity contribution is 5.95. The molecule has 1 amide bonds. The standard InChI is InChI=1S/C12H18N4O3/c1-7-3-5-12(6-4-7,11(18)19)14-10(17)9-13-8(2)15-16-9/h7H,3-6H2,1-2H3,(H,14,17)(H,18,19)(H,13,15,16). The Morgan fingerprint density at radius 1 is 1.42 bits per heavy atom. The molecule has 0 spiro atoms. The van der Waals surface area contributed by atoms with Crippen LogP contribution in [0.15, 0.2) is 0 Å². The largest absolute Gasteiger partial charge is 0.480 e. The maximum atomic E-state index is 12.0. The lowest BCUT2D eigenvalue weighted by Gasteiger charge is -2.36. The number of H-pyrrole nitrogens is 1. The molecule has 2 rings (SSSR count). The molecule has 1 aliphatic rings. The van der Waals surface area contributed by atoms with Crippen molar-refractivity contribution in [1.82, 2.24) is 20.5 Å². The molecule has 0 atom stereocenters. The molecule has 1 fully saturated rings. The van der Waals surface area contributed by atoms with Crippen LogP contribution in [0.2, 0.25) is 0 Å². The van der Waals surface area contributed by atoms with Crippen LogP contribution < -0.4 is 5.32 Å². The normalized spacial score (nSPS) is 26.9. The van der Waals surface area contributed by atoms with Gasteiger partial charge in [0.15, 0.2) is 0 Å². The number of hydrogen-bond acceptors (Lipinski definition) is 4. The number of amides is 1. The molecular formula is C12H18N4O3. The Hall–Kier alpha value is -1.92. The van der Waals surface area contributed by atoms with Gasteiger partial charge in [0.1, 0.15) is 11.4 Å². The van der Waals surface area contributed by atoms with E-state index in [-0.39, 0.29) is 5.82 Å². The molecule has 19 heavy (non-hydrogen) atoms. The zero-order valence-electron chi connectivity index (χ0n) is 11.1. The fourth-order valence-electron chi connectivity index (χ4n) is 2.36. The van der Waals surface area contributed by atoms with Gasteiger partial charge >= 0.3 is 5.97 Å². The number of aromatic nitrogens is 3. The van der Waals surface area contributed by atoms with Crippen molar-refractivity contribution in [3.63, 3.8) is 0 Å². The van der Waals surface area contributed by atoms with Gasteiger partial charge in [-0.3, -0.25) is 9.89 Å². The summed E-state index contributed by atoms with van der Waals surface area (Å²) in [6.07, 6.45) is 2.47. The highest BCUT2D eigenvalue weighted by atomic mass is 16.4. The summed E-state index contributed by atoms with van der Waals surface area (Å²) in [5, 5.41) is 18.3. The molecular weight excluding hydrogens is 248 g/mol. The van der Waals surface area contributed by atoms with E-state index in [2.05, 4.69) is 27.4 Å². The topological polar surface area (TPSA) is 108 Å². The molecule has 7 heteroatoms. The second kappa shape index (κ2) is 4.99. The number of hydrogen-bond donors (Lipinski definition) is 3. The van der Waals surface area contributed by atoms with E-state index in [0.717, 1.165) is 12.8 Å². The number of aryl methyl sites for hydroxylation is 1. The number of aromatic amines is 1. The molecule has 0 saturated heterocycles. The fraction of sp³-hybridized carbons (Fsp3) is 0.667. The highest BCUT2D eigenvalue weighted by Crippen LogP contribution is 2.32. The van der Waals surface area contributed by atoms with Gasteiger partial charge in [-0.2, -0.15) is 0 Å². The van der Waals surface area contributed by atoms with Crippen molar-refractivity contribution in [2.45, 2.75) is 45.1 Å². The Morgan fingerprint density at radius 3 is 2.53 bits per heavy atom. The Labute approximate surface area is 110 Å². The van der Waals surface area contributed by atoms with Crippen molar-refractivity contribution in [1.29, 1.82) is 0 Å². The summed E-state index contributed by atoms with van der Waals surface area (Å²) in [4.78, 5) is 27.4. The van der Waals surface area contributed by atoms with Crippen molar-refractivity contribution in [2.24, 2.45) is 5.92 Å². The molecule has 0 bridgehead atoms. The number of nitrogens with one attached hydrogen (secondary N) is 2. The van der Waals surface area contributed by atoms with Gasteiger partial charge < -0.3 is 10.4 Å². The van der Waals surface area contributed by atoms with Crippen molar-refractivity contribution in [2.75, 3.05) is 0 Å². The van der Waals surface area contributed by atoms with E-state index in [1.54, 1.807) is 6.92 Å². The van der Waals surface area contributed by atoms with Gasteiger partial charge in [-0.25, -0.2) is 9.78 Å². The molecule has 1 aromatic rings. The van der Waals surface area contributed by atoms with Crippen LogP contribution in [0.5, 0.6) is 0 Å². The van der Waals surface area contributed by atoms with E-state index < -0.39 is 17.4 Å². The van der Waals surface area contributed by atoms with Gasteiger partial charge in [0, 0.05) is 0 Å². The average Bonchev–Trinajstić information content (AvgIpc) is 2.79. The molecule has 104 valence electrons. The zero-order chi connectivity index (χ0) is 14.0. The minimum atomic E-state index is -1.18. The summed E-state index contributed by atoms with van der Waals surface area (Å²) in [5.41, 5.74) is -1.18. The van der Waals surface area contributed by atoms with Gasteiger partial charge in [-0.05, 0) is 38.5 Å². The molecule has 0 aromatic carbocycles. The third kappa shape index (κ3) is 2.74. The summed E-state index contributed by atoms with van der Waals surface area (Å²) >= 11 is 0. The van der Waals surface area contributed by atoms with Crippen molar-refractivity contribution < 1.29 is 14.7 Å². The second-order valence-electron chi connectivity index (χ2n) is 5.27. The second-order valence-corrected chi connectivity index (χ2v) is 5.27. The Morgan fingerprint density at radius 2 is 2.05 bits per heavy atom. The number of carboxylic acids is 1. The molecule has 3 N–H and O–H groups in total. The lowest BCUT2D eigenvalue weighted by Crippen LogP contribution is -2.56. The maximum Gasteiger partial charge on any atom is 0.329 e. The van der Waals surface area contributed by atoms with Gasteiger partial charge in [-0.1, -0.05) is 6.92 Å². The van der Waals surface area contributed by atoms with Crippen LogP contribution in [0, 0.1) is 12.8 Å². The van der Waals surface area contributed by atoms with Crippen LogP contribution >= 0.6 is 0 Å². The van der Waals surface area contributed by atoms with Gasteiger partial charge in [0.2, 0.25) is 5.82 Å². The fourth-order valence-corrected chi connectivity index (χ4v) is 2.36. The summed E-state index contributed by atoms with van der Waals surface area (Å²) in [6, 6.07) is 0. The predicted octanol–water partition coefficient (Wildman–Crippen LogP) is 0.876. The summed E-state index contributed by atoms with van der Waals surface area (Å²) in [6.45, 7) is 3.77. The van der Waals surface area contributed by atoms with Crippen molar-refractivity contribution in [3.05, 3.63) is 11.6 Å². The number of carbonyl (C=O) groups excluding carboxylic acids is 1. The first kappa shape index (κ1) is 13.5. The van der Waals surface area contributed by atoms with Crippen LogP contribution in [0.3, 0.4) is 0 Å². The molecule has 1 aliphatic carbocycles. The van der Waals surface area contributed by atoms with Gasteiger partial charge in [0.05, 0.1) is 0 Å². The van der Waals surface area contributed by atoms with Gasteiger partial charge in [-0.15, -0.1) is 5.10 Å². The van der Waals surface area contributed by atoms with Gasteiger partial charge in [0.25, 0.3) is 5.91 Å². The number of carboxylic acid groups (broad SMARTS) is 1. The third-order valence-corrected chi connectivity index (χ3v) is 3.69. The van der Waals surface area contributed by atoms with Crippen molar-refractivity contribution in [3.8, 4) is 0 Å². The Bertz CT molecular complexity index is 489. The SMILES string of the molecule is Cc1nc(C(=O)NC2(C(=O)O)CCC(C)CC2)n[nH]1. The predicted molar refractivity (Wildman–Crippen MR) is 66.6 cm³/mol. The molecule has 0 aliphatic heterocycles. The molecule has 1 saturated carbocycles. The first-order valence-electron chi connectivity index (χ1n) is 6.38. The van der Waals surface area contributed by atoms with E-state index in [0.29, 0.717) is 24.6 Å². The molecule has 7 nitrogen and oxygen atoms in total. The minimum absolute atomic E-state index is 0.0169. The van der Waals surface area contributed by atoms with E-state index >= 15 is 0 Å². The zero-order valence-corrected chi connectivity index (χ0v) is 11.1. The summed E-state index contributed by atoms with van der Waals surface area (Å²) in [7, 11) is 0. The maximum absolute atomic E-state index is 12.0. The van der Waals surface area contributed by atoms with Crippen LogP contribution in [0.1, 0.15) is 49.1 Å². The Kier molecular flexibility index (Phi) is 3.55. The number of aliphatic carboxylic acids is 1. The highest BCUT2D eigenvalue weighted by Gasteiger charge is 2.43. The Balaban J connectivity index is 2.13. The monoisotopic (exact) mass is 266 g/mol. The number of rotatable bonds is 3. The number of carbonyl (C=O) groups is 2. The first-order chi connectivity index (χ1) is 8.93. The van der Waals surface area contributed by atoms with Crippen molar-refractivity contribution >= 4 is 11.9 Å². The minimum Gasteiger partial charge on any atom is -0.480 e. The van der Waals surface area contributed by atoms with Crippen LogP contribution in [0.25, 0.3) is 0 Å². The summed E-state index contributed by atoms with van der Waals surface area (Å²) in [5.74, 6) is -0.528. The molecule has 0 unspecified atom stereocenters. The van der Waals surface area contributed by atoms with E-state index in [1.807, 2.05) is 0 Å². The molecule has 1 heterocycles. The van der Waals surface area contributed by atoms with Crippen LogP contribution in [-0.2, 0) is 4.79 Å². The average molecular weight is 266 g/mol. The smallest absolute Gasteiger partial charge is 0.329 e. The molecule has 0 radical (unpaired) electrons.